The Kier molecular flexibility index (Phi) is 9.17. The molecule has 11 aromatic carbocycles. The van der Waals surface area contributed by atoms with Crippen LogP contribution in [0.15, 0.2) is 249 Å². The van der Waals surface area contributed by atoms with E-state index in [0.29, 0.717) is 5.82 Å². The minimum absolute atomic E-state index is 0.679. The summed E-state index contributed by atoms with van der Waals surface area (Å²) < 4.78 is 2.37. The summed E-state index contributed by atoms with van der Waals surface area (Å²) in [4.78, 5) is 10.7. The molecule has 0 amide bonds. The van der Waals surface area contributed by atoms with Crippen molar-refractivity contribution in [1.29, 1.82) is 0 Å². The average Bonchev–Trinajstić information content (AvgIpc) is 3.75. The molecular weight excluding hydrogens is 811 g/mol. The minimum atomic E-state index is 0.679. The van der Waals surface area contributed by atoms with E-state index < -0.39 is 0 Å². The largest absolute Gasteiger partial charge is 0.309 e. The summed E-state index contributed by atoms with van der Waals surface area (Å²) in [5.41, 5.74) is 15.3. The van der Waals surface area contributed by atoms with Gasteiger partial charge in [0, 0.05) is 33.2 Å². The lowest BCUT2D eigenvalue weighted by molar-refractivity contribution is 1.18. The van der Waals surface area contributed by atoms with E-state index in [-0.39, 0.29) is 0 Å². The van der Waals surface area contributed by atoms with E-state index in [9.17, 15) is 0 Å². The number of hydrogen-bond acceptors (Lipinski definition) is 2. The molecule has 0 spiro atoms. The monoisotopic (exact) mass is 851 g/mol. The third-order valence-corrected chi connectivity index (χ3v) is 13.4. The Labute approximate surface area is 388 Å². The number of para-hydroxylation sites is 2. The zero-order chi connectivity index (χ0) is 44.3. The molecule has 0 fully saturated rings. The fraction of sp³-hybridized carbons (Fsp3) is 0. The van der Waals surface area contributed by atoms with Crippen molar-refractivity contribution in [3.8, 4) is 73.0 Å². The molecule has 0 aliphatic carbocycles. The molecule has 0 atom stereocenters. The van der Waals surface area contributed by atoms with Crippen molar-refractivity contribution in [3.05, 3.63) is 249 Å². The fourth-order valence-electron chi connectivity index (χ4n) is 10.3. The summed E-state index contributed by atoms with van der Waals surface area (Å²) in [5, 5.41) is 9.94. The summed E-state index contributed by atoms with van der Waals surface area (Å²) in [6.45, 7) is 0. The smallest absolute Gasteiger partial charge is 0.160 e. The Hall–Kier alpha value is -8.92. The zero-order valence-corrected chi connectivity index (χ0v) is 36.5. The SMILES string of the molecule is c1ccc(-c2ccccc2-c2cc(-c3ccc(-c4cccc5c4c4ccccc4n5-c4ccccc4)cc3)nc(-c3ccc(-c4c5ccccc5cc5c4ccc4ccccc45)cc3)n2)cc1. The highest BCUT2D eigenvalue weighted by Gasteiger charge is 2.19. The van der Waals surface area contributed by atoms with Crippen molar-refractivity contribution in [1.82, 2.24) is 14.5 Å². The Balaban J connectivity index is 0.947. The van der Waals surface area contributed by atoms with Crippen LogP contribution in [0.25, 0.3) is 127 Å². The maximum atomic E-state index is 5.36. The number of hydrogen-bond donors (Lipinski definition) is 0. The molecule has 312 valence electrons. The molecule has 3 heteroatoms. The molecule has 0 radical (unpaired) electrons. The second kappa shape index (κ2) is 16.0. The molecule has 0 N–H and O–H groups in total. The molecule has 13 rings (SSSR count). The fourth-order valence-corrected chi connectivity index (χ4v) is 10.3. The van der Waals surface area contributed by atoms with Gasteiger partial charge >= 0.3 is 0 Å². The average molecular weight is 852 g/mol. The summed E-state index contributed by atoms with van der Waals surface area (Å²) in [6, 6.07) is 89.3. The van der Waals surface area contributed by atoms with Gasteiger partial charge in [0.25, 0.3) is 0 Å². The van der Waals surface area contributed by atoms with Crippen LogP contribution in [0, 0.1) is 0 Å². The van der Waals surface area contributed by atoms with Crippen molar-refractivity contribution < 1.29 is 0 Å². The lowest BCUT2D eigenvalue weighted by Gasteiger charge is -2.15. The number of nitrogens with zero attached hydrogens (tertiary/aromatic N) is 3. The molecule has 0 unspecified atom stereocenters. The number of benzene rings is 11. The third kappa shape index (κ3) is 6.59. The van der Waals surface area contributed by atoms with Crippen LogP contribution in [0.4, 0.5) is 0 Å². The highest BCUT2D eigenvalue weighted by molar-refractivity contribution is 6.20. The van der Waals surface area contributed by atoms with Gasteiger partial charge in [0.2, 0.25) is 0 Å². The summed E-state index contributed by atoms with van der Waals surface area (Å²) in [5.74, 6) is 0.679. The molecule has 2 heterocycles. The Morgan fingerprint density at radius 1 is 0.284 bits per heavy atom. The summed E-state index contributed by atoms with van der Waals surface area (Å²) >= 11 is 0. The molecule has 2 aromatic heterocycles. The van der Waals surface area contributed by atoms with Crippen LogP contribution in [-0.4, -0.2) is 14.5 Å². The lowest BCUT2D eigenvalue weighted by Crippen LogP contribution is -1.97. The van der Waals surface area contributed by atoms with Gasteiger partial charge < -0.3 is 4.57 Å². The van der Waals surface area contributed by atoms with Crippen LogP contribution in [-0.2, 0) is 0 Å². The zero-order valence-electron chi connectivity index (χ0n) is 36.5. The predicted octanol–water partition coefficient (Wildman–Crippen LogP) is 17.0. The molecule has 0 saturated heterocycles. The number of fused-ring (bicyclic) bond motifs is 7. The van der Waals surface area contributed by atoms with E-state index in [1.807, 2.05) is 0 Å². The number of aromatic nitrogens is 3. The van der Waals surface area contributed by atoms with Gasteiger partial charge in [-0.15, -0.1) is 0 Å². The van der Waals surface area contributed by atoms with E-state index in [1.165, 1.54) is 65.3 Å². The van der Waals surface area contributed by atoms with Gasteiger partial charge in [-0.3, -0.25) is 0 Å². The first kappa shape index (κ1) is 38.5. The van der Waals surface area contributed by atoms with E-state index >= 15 is 0 Å². The van der Waals surface area contributed by atoms with E-state index in [0.717, 1.165) is 56.0 Å². The quantitative estimate of drug-likeness (QED) is 0.118. The molecular formula is C64H41N3. The van der Waals surface area contributed by atoms with Gasteiger partial charge in [-0.25, -0.2) is 9.97 Å². The van der Waals surface area contributed by atoms with Gasteiger partial charge in [-0.05, 0) is 102 Å². The molecule has 3 nitrogen and oxygen atoms in total. The van der Waals surface area contributed by atoms with Crippen molar-refractivity contribution in [2.45, 2.75) is 0 Å². The summed E-state index contributed by atoms with van der Waals surface area (Å²) in [6.07, 6.45) is 0. The topological polar surface area (TPSA) is 30.7 Å². The van der Waals surface area contributed by atoms with Crippen molar-refractivity contribution >= 4 is 54.1 Å². The van der Waals surface area contributed by atoms with Gasteiger partial charge in [-0.2, -0.15) is 0 Å². The molecule has 0 aliphatic rings. The Morgan fingerprint density at radius 3 is 1.66 bits per heavy atom. The van der Waals surface area contributed by atoms with Gasteiger partial charge in [0.05, 0.1) is 22.4 Å². The highest BCUT2D eigenvalue weighted by Crippen LogP contribution is 2.42. The Morgan fingerprint density at radius 2 is 0.851 bits per heavy atom. The van der Waals surface area contributed by atoms with E-state index in [2.05, 4.69) is 253 Å². The maximum absolute atomic E-state index is 5.36. The third-order valence-electron chi connectivity index (χ3n) is 13.4. The first-order chi connectivity index (χ1) is 33.2. The molecule has 0 bridgehead atoms. The van der Waals surface area contributed by atoms with E-state index in [1.54, 1.807) is 0 Å². The second-order valence-electron chi connectivity index (χ2n) is 17.3. The van der Waals surface area contributed by atoms with Crippen LogP contribution in [0.2, 0.25) is 0 Å². The minimum Gasteiger partial charge on any atom is -0.309 e. The highest BCUT2D eigenvalue weighted by atomic mass is 15.0. The van der Waals surface area contributed by atoms with Gasteiger partial charge in [-0.1, -0.05) is 212 Å². The van der Waals surface area contributed by atoms with Crippen LogP contribution in [0.5, 0.6) is 0 Å². The molecule has 13 aromatic rings. The molecule has 67 heavy (non-hydrogen) atoms. The van der Waals surface area contributed by atoms with Crippen LogP contribution in [0.1, 0.15) is 0 Å². The number of rotatable bonds is 7. The summed E-state index contributed by atoms with van der Waals surface area (Å²) in [7, 11) is 0. The van der Waals surface area contributed by atoms with Crippen molar-refractivity contribution in [2.75, 3.05) is 0 Å². The van der Waals surface area contributed by atoms with Crippen molar-refractivity contribution in [2.24, 2.45) is 0 Å². The standard InChI is InChI=1S/C64H41N3/c1-3-16-42(17-4-1)50-22-11-12-25-54(50)59-41-58(45-32-30-44(31-33-45)52-27-15-29-61-63(52)56-26-13-14-28-60(56)67(61)49-20-5-2-6-21-49)65-64(66-59)47-36-34-46(35-37-47)62-53-24-10-8-19-48(53)40-57-51-23-9-7-18-43(51)38-39-55(57)62/h1-41H. The normalized spacial score (nSPS) is 11.6. The Bertz CT molecular complexity index is 4000. The first-order valence-corrected chi connectivity index (χ1v) is 22.9. The molecule has 0 aliphatic heterocycles. The van der Waals surface area contributed by atoms with Crippen LogP contribution >= 0.6 is 0 Å². The van der Waals surface area contributed by atoms with E-state index in [4.69, 9.17) is 9.97 Å². The lowest BCUT2D eigenvalue weighted by atomic mass is 9.89. The van der Waals surface area contributed by atoms with Crippen LogP contribution < -0.4 is 0 Å². The predicted molar refractivity (Wildman–Crippen MR) is 282 cm³/mol. The van der Waals surface area contributed by atoms with Gasteiger partial charge in [0.15, 0.2) is 5.82 Å². The van der Waals surface area contributed by atoms with Crippen LogP contribution in [0.3, 0.4) is 0 Å². The van der Waals surface area contributed by atoms with Gasteiger partial charge in [0.1, 0.15) is 0 Å². The second-order valence-corrected chi connectivity index (χ2v) is 17.3. The van der Waals surface area contributed by atoms with Crippen molar-refractivity contribution in [3.63, 3.8) is 0 Å². The first-order valence-electron chi connectivity index (χ1n) is 22.9. The molecule has 0 saturated carbocycles. The maximum Gasteiger partial charge on any atom is 0.160 e.